The molecule has 0 aliphatic heterocycles. The van der Waals surface area contributed by atoms with E-state index in [0.717, 1.165) is 18.2 Å². The van der Waals surface area contributed by atoms with Crippen molar-refractivity contribution in [1.82, 2.24) is 0 Å². The molecule has 2 rings (SSSR count). The van der Waals surface area contributed by atoms with Crippen molar-refractivity contribution < 1.29 is 14.6 Å². The number of amides is 1. The van der Waals surface area contributed by atoms with Crippen molar-refractivity contribution in [3.8, 4) is 0 Å². The Morgan fingerprint density at radius 2 is 1.38 bits per heavy atom. The molecule has 8 nitrogen and oxygen atoms in total. The third kappa shape index (κ3) is 3.00. The standard InChI is InChI=1S/C13H9N3O5/c17-13(14-9-5-2-1-3-6-9)12-10(15(18)19)7-4-8-11(12)16(20)21/h1-8H,(H,14,17). The molecular formula is C13H9N3O5. The molecule has 0 unspecified atom stereocenters. The van der Waals surface area contributed by atoms with Gasteiger partial charge in [0.05, 0.1) is 9.85 Å². The molecule has 0 aliphatic rings. The van der Waals surface area contributed by atoms with E-state index in [2.05, 4.69) is 5.32 Å². The number of nitrogens with one attached hydrogen (secondary N) is 1. The minimum absolute atomic E-state index is 0.384. The van der Waals surface area contributed by atoms with E-state index in [4.69, 9.17) is 0 Å². The van der Waals surface area contributed by atoms with Crippen LogP contribution in [-0.4, -0.2) is 15.8 Å². The second-order valence-corrected chi connectivity index (χ2v) is 4.01. The molecule has 0 fully saturated rings. The molecule has 0 aromatic heterocycles. The van der Waals surface area contributed by atoms with Gasteiger partial charge in [0.2, 0.25) is 0 Å². The smallest absolute Gasteiger partial charge is 0.289 e. The highest BCUT2D eigenvalue weighted by Gasteiger charge is 2.30. The van der Waals surface area contributed by atoms with Gasteiger partial charge in [-0.1, -0.05) is 18.2 Å². The molecule has 0 bridgehead atoms. The summed E-state index contributed by atoms with van der Waals surface area (Å²) in [5.74, 6) is -0.903. The first kappa shape index (κ1) is 14.1. The van der Waals surface area contributed by atoms with E-state index in [9.17, 15) is 25.0 Å². The quantitative estimate of drug-likeness (QED) is 0.685. The van der Waals surface area contributed by atoms with Gasteiger partial charge in [-0.25, -0.2) is 0 Å². The van der Waals surface area contributed by atoms with E-state index >= 15 is 0 Å². The maximum absolute atomic E-state index is 12.1. The van der Waals surface area contributed by atoms with E-state index in [1.807, 2.05) is 0 Å². The van der Waals surface area contributed by atoms with Crippen molar-refractivity contribution in [2.45, 2.75) is 0 Å². The van der Waals surface area contributed by atoms with Crippen LogP contribution in [0.25, 0.3) is 0 Å². The van der Waals surface area contributed by atoms with Gasteiger partial charge in [0.1, 0.15) is 0 Å². The number of anilines is 1. The zero-order chi connectivity index (χ0) is 15.4. The molecule has 106 valence electrons. The summed E-state index contributed by atoms with van der Waals surface area (Å²) in [5, 5.41) is 24.3. The van der Waals surface area contributed by atoms with Crippen LogP contribution in [0.2, 0.25) is 0 Å². The molecule has 8 heteroatoms. The highest BCUT2D eigenvalue weighted by atomic mass is 16.6. The van der Waals surface area contributed by atoms with Crippen LogP contribution in [0.4, 0.5) is 17.1 Å². The average Bonchev–Trinajstić information content (AvgIpc) is 2.47. The lowest BCUT2D eigenvalue weighted by atomic mass is 10.1. The lowest BCUT2D eigenvalue weighted by Crippen LogP contribution is -2.16. The summed E-state index contributed by atoms with van der Waals surface area (Å²) < 4.78 is 0. The Morgan fingerprint density at radius 3 is 1.86 bits per heavy atom. The highest BCUT2D eigenvalue weighted by molar-refractivity contribution is 6.09. The maximum Gasteiger partial charge on any atom is 0.289 e. The first-order valence-corrected chi connectivity index (χ1v) is 5.79. The van der Waals surface area contributed by atoms with Crippen LogP contribution in [0, 0.1) is 20.2 Å². The predicted molar refractivity (Wildman–Crippen MR) is 74.1 cm³/mol. The molecule has 2 aromatic rings. The Bertz CT molecular complexity index is 683. The lowest BCUT2D eigenvalue weighted by Gasteiger charge is -2.06. The van der Waals surface area contributed by atoms with E-state index < -0.39 is 32.7 Å². The summed E-state index contributed by atoms with van der Waals surface area (Å²) >= 11 is 0. The minimum atomic E-state index is -0.903. The molecule has 0 radical (unpaired) electrons. The normalized spacial score (nSPS) is 9.90. The van der Waals surface area contributed by atoms with Crippen molar-refractivity contribution in [2.24, 2.45) is 0 Å². The molecule has 21 heavy (non-hydrogen) atoms. The van der Waals surface area contributed by atoms with Crippen LogP contribution in [0.3, 0.4) is 0 Å². The van der Waals surface area contributed by atoms with Gasteiger partial charge < -0.3 is 5.32 Å². The van der Waals surface area contributed by atoms with Crippen LogP contribution in [0.1, 0.15) is 10.4 Å². The Morgan fingerprint density at radius 1 is 0.857 bits per heavy atom. The van der Waals surface area contributed by atoms with Gasteiger partial charge >= 0.3 is 0 Å². The molecule has 1 N–H and O–H groups in total. The second-order valence-electron chi connectivity index (χ2n) is 4.01. The lowest BCUT2D eigenvalue weighted by molar-refractivity contribution is -0.394. The fourth-order valence-electron chi connectivity index (χ4n) is 1.78. The Kier molecular flexibility index (Phi) is 3.89. The number of para-hydroxylation sites is 1. The van der Waals surface area contributed by atoms with Gasteiger partial charge in [0.15, 0.2) is 5.56 Å². The van der Waals surface area contributed by atoms with Gasteiger partial charge in [0, 0.05) is 17.8 Å². The molecule has 0 saturated heterocycles. The summed E-state index contributed by atoms with van der Waals surface area (Å²) in [4.78, 5) is 32.4. The number of hydrogen-bond donors (Lipinski definition) is 1. The van der Waals surface area contributed by atoms with E-state index in [-0.39, 0.29) is 0 Å². The Labute approximate surface area is 118 Å². The van der Waals surface area contributed by atoms with Crippen LogP contribution >= 0.6 is 0 Å². The number of carbonyl (C=O) groups is 1. The van der Waals surface area contributed by atoms with Gasteiger partial charge in [-0.2, -0.15) is 0 Å². The molecule has 0 atom stereocenters. The van der Waals surface area contributed by atoms with Gasteiger partial charge in [-0.05, 0) is 18.2 Å². The Hall–Kier alpha value is -3.29. The number of carbonyl (C=O) groups excluding carboxylic acids is 1. The van der Waals surface area contributed by atoms with Crippen LogP contribution in [0.5, 0.6) is 0 Å². The monoisotopic (exact) mass is 287 g/mol. The largest absolute Gasteiger partial charge is 0.322 e. The fraction of sp³-hybridized carbons (Fsp3) is 0. The maximum atomic E-state index is 12.1. The van der Waals surface area contributed by atoms with Crippen molar-refractivity contribution in [2.75, 3.05) is 5.32 Å². The van der Waals surface area contributed by atoms with Crippen molar-refractivity contribution in [3.63, 3.8) is 0 Å². The van der Waals surface area contributed by atoms with Gasteiger partial charge in [-0.15, -0.1) is 0 Å². The molecule has 2 aromatic carbocycles. The third-order valence-electron chi connectivity index (χ3n) is 2.67. The summed E-state index contributed by atoms with van der Waals surface area (Å²) in [5.41, 5.74) is -1.42. The number of benzene rings is 2. The van der Waals surface area contributed by atoms with Crippen molar-refractivity contribution >= 4 is 23.0 Å². The summed E-state index contributed by atoms with van der Waals surface area (Å²) in [6.45, 7) is 0. The molecule has 1 amide bonds. The number of nitro benzene ring substituents is 2. The molecular weight excluding hydrogens is 278 g/mol. The van der Waals surface area contributed by atoms with Gasteiger partial charge in [0.25, 0.3) is 17.3 Å². The second kappa shape index (κ2) is 5.78. The molecule has 0 aliphatic carbocycles. The number of rotatable bonds is 4. The SMILES string of the molecule is O=C(Nc1ccccc1)c1c([N+](=O)[O-])cccc1[N+](=O)[O-]. The Balaban J connectivity index is 2.48. The topological polar surface area (TPSA) is 115 Å². The van der Waals surface area contributed by atoms with Crippen LogP contribution < -0.4 is 5.32 Å². The van der Waals surface area contributed by atoms with Gasteiger partial charge in [-0.3, -0.25) is 25.0 Å². The highest BCUT2D eigenvalue weighted by Crippen LogP contribution is 2.28. The van der Waals surface area contributed by atoms with Crippen molar-refractivity contribution in [3.05, 3.63) is 74.3 Å². The number of nitrogens with zero attached hydrogens (tertiary/aromatic N) is 2. The summed E-state index contributed by atoms with van der Waals surface area (Å²) in [6, 6.07) is 11.4. The average molecular weight is 287 g/mol. The number of nitro groups is 2. The number of hydrogen-bond acceptors (Lipinski definition) is 5. The molecule has 0 spiro atoms. The first-order chi connectivity index (χ1) is 10.0. The summed E-state index contributed by atoms with van der Waals surface area (Å²) in [7, 11) is 0. The van der Waals surface area contributed by atoms with E-state index in [1.165, 1.54) is 0 Å². The zero-order valence-electron chi connectivity index (χ0n) is 10.6. The zero-order valence-corrected chi connectivity index (χ0v) is 10.6. The van der Waals surface area contributed by atoms with E-state index in [0.29, 0.717) is 5.69 Å². The first-order valence-electron chi connectivity index (χ1n) is 5.79. The van der Waals surface area contributed by atoms with Crippen LogP contribution in [-0.2, 0) is 0 Å². The molecule has 0 saturated carbocycles. The van der Waals surface area contributed by atoms with Crippen LogP contribution in [0.15, 0.2) is 48.5 Å². The van der Waals surface area contributed by atoms with E-state index in [1.54, 1.807) is 30.3 Å². The molecule has 0 heterocycles. The summed E-state index contributed by atoms with van der Waals surface area (Å²) in [6.07, 6.45) is 0. The minimum Gasteiger partial charge on any atom is -0.322 e. The third-order valence-corrected chi connectivity index (χ3v) is 2.67. The predicted octanol–water partition coefficient (Wildman–Crippen LogP) is 2.76. The van der Waals surface area contributed by atoms with Crippen molar-refractivity contribution in [1.29, 1.82) is 0 Å². The fourth-order valence-corrected chi connectivity index (χ4v) is 1.78.